The molecule has 0 radical (unpaired) electrons. The number of anilines is 1. The number of aliphatic carboxylic acids is 1. The zero-order valence-electron chi connectivity index (χ0n) is 12.0. The monoisotopic (exact) mass is 294 g/mol. The Morgan fingerprint density at radius 2 is 1.81 bits per heavy atom. The van der Waals surface area contributed by atoms with Crippen molar-refractivity contribution in [1.82, 2.24) is 4.90 Å². The maximum Gasteiger partial charge on any atom is 0.321 e. The van der Waals surface area contributed by atoms with Crippen LogP contribution < -0.4 is 14.8 Å². The Bertz CT molecular complexity index is 518. The van der Waals surface area contributed by atoms with E-state index >= 15 is 0 Å². The lowest BCUT2D eigenvalue weighted by atomic mass is 9.97. The summed E-state index contributed by atoms with van der Waals surface area (Å²) in [5.41, 5.74) is 0.567. The zero-order valence-corrected chi connectivity index (χ0v) is 12.0. The number of nitrogens with one attached hydrogen (secondary N) is 1. The molecule has 2 N–H and O–H groups in total. The number of carbonyl (C=O) groups excluding carboxylic acids is 1. The molecule has 21 heavy (non-hydrogen) atoms. The van der Waals surface area contributed by atoms with E-state index in [0.29, 0.717) is 30.3 Å². The molecular formula is C14H18N2O5. The van der Waals surface area contributed by atoms with E-state index in [4.69, 9.17) is 14.6 Å². The molecule has 2 amide bonds. The van der Waals surface area contributed by atoms with Gasteiger partial charge in [-0.2, -0.15) is 0 Å². The topological polar surface area (TPSA) is 88.1 Å². The van der Waals surface area contributed by atoms with Gasteiger partial charge in [-0.05, 0) is 0 Å². The number of amides is 2. The van der Waals surface area contributed by atoms with Crippen molar-refractivity contribution in [1.29, 1.82) is 0 Å². The predicted octanol–water partition coefficient (Wildman–Crippen LogP) is 1.64. The molecule has 7 nitrogen and oxygen atoms in total. The van der Waals surface area contributed by atoms with Crippen molar-refractivity contribution >= 4 is 17.7 Å². The fourth-order valence-corrected chi connectivity index (χ4v) is 2.19. The molecule has 0 saturated carbocycles. The van der Waals surface area contributed by atoms with Crippen LogP contribution >= 0.6 is 0 Å². The number of carboxylic acid groups (broad SMARTS) is 1. The largest absolute Gasteiger partial charge is 0.497 e. The first kappa shape index (κ1) is 15.0. The summed E-state index contributed by atoms with van der Waals surface area (Å²) in [7, 11) is 3.07. The Labute approximate surface area is 122 Å². The van der Waals surface area contributed by atoms with Crippen molar-refractivity contribution < 1.29 is 24.2 Å². The number of carbonyl (C=O) groups is 2. The van der Waals surface area contributed by atoms with Crippen LogP contribution in [0.1, 0.15) is 6.42 Å². The van der Waals surface area contributed by atoms with Gasteiger partial charge in [0.05, 0.1) is 20.6 Å². The van der Waals surface area contributed by atoms with Gasteiger partial charge in [0.15, 0.2) is 0 Å². The van der Waals surface area contributed by atoms with E-state index in [2.05, 4.69) is 5.32 Å². The van der Waals surface area contributed by atoms with Crippen molar-refractivity contribution in [3.05, 3.63) is 18.2 Å². The van der Waals surface area contributed by atoms with E-state index in [-0.39, 0.29) is 18.4 Å². The average Bonchev–Trinajstić information content (AvgIpc) is 2.41. The molecular weight excluding hydrogens is 276 g/mol. The van der Waals surface area contributed by atoms with Crippen LogP contribution in [0.25, 0.3) is 0 Å². The standard InChI is InChI=1S/C14H18N2O5/c1-20-11-4-10(5-12(6-11)21-2)15-14(19)16-7-9(8-16)3-13(17)18/h4-6,9H,3,7-8H2,1-2H3,(H,15,19)(H,17,18). The molecule has 0 aromatic heterocycles. The molecule has 1 aromatic carbocycles. The highest BCUT2D eigenvalue weighted by Crippen LogP contribution is 2.27. The number of likely N-dealkylation sites (tertiary alicyclic amines) is 1. The van der Waals surface area contributed by atoms with Gasteiger partial charge in [0.2, 0.25) is 0 Å². The summed E-state index contributed by atoms with van der Waals surface area (Å²) in [4.78, 5) is 24.1. The van der Waals surface area contributed by atoms with Crippen molar-refractivity contribution in [2.24, 2.45) is 5.92 Å². The molecule has 1 heterocycles. The lowest BCUT2D eigenvalue weighted by Crippen LogP contribution is -2.52. The van der Waals surface area contributed by atoms with E-state index in [1.807, 2.05) is 0 Å². The highest BCUT2D eigenvalue weighted by atomic mass is 16.5. The fraction of sp³-hybridized carbons (Fsp3) is 0.429. The van der Waals surface area contributed by atoms with Crippen LogP contribution in [0, 0.1) is 5.92 Å². The Morgan fingerprint density at radius 1 is 1.24 bits per heavy atom. The first-order valence-corrected chi connectivity index (χ1v) is 6.52. The predicted molar refractivity (Wildman–Crippen MR) is 75.9 cm³/mol. The molecule has 2 rings (SSSR count). The van der Waals surface area contributed by atoms with Gasteiger partial charge in [-0.3, -0.25) is 4.79 Å². The minimum absolute atomic E-state index is 0.0353. The van der Waals surface area contributed by atoms with E-state index in [9.17, 15) is 9.59 Å². The number of urea groups is 1. The SMILES string of the molecule is COc1cc(NC(=O)N2CC(CC(=O)O)C2)cc(OC)c1. The van der Waals surface area contributed by atoms with Gasteiger partial charge in [0, 0.05) is 42.9 Å². The Kier molecular flexibility index (Phi) is 4.52. The summed E-state index contributed by atoms with van der Waals surface area (Å²) >= 11 is 0. The second-order valence-corrected chi connectivity index (χ2v) is 4.90. The van der Waals surface area contributed by atoms with Gasteiger partial charge in [0.1, 0.15) is 11.5 Å². The number of methoxy groups -OCH3 is 2. The van der Waals surface area contributed by atoms with Crippen molar-refractivity contribution in [2.75, 3.05) is 32.6 Å². The first-order valence-electron chi connectivity index (χ1n) is 6.52. The smallest absolute Gasteiger partial charge is 0.321 e. The zero-order chi connectivity index (χ0) is 15.4. The third kappa shape index (κ3) is 3.77. The highest BCUT2D eigenvalue weighted by molar-refractivity contribution is 5.90. The molecule has 1 aromatic rings. The van der Waals surface area contributed by atoms with Crippen molar-refractivity contribution in [3.63, 3.8) is 0 Å². The Balaban J connectivity index is 1.93. The van der Waals surface area contributed by atoms with Crippen LogP contribution in [0.5, 0.6) is 11.5 Å². The van der Waals surface area contributed by atoms with Crippen LogP contribution in [0.3, 0.4) is 0 Å². The molecule has 0 unspecified atom stereocenters. The normalized spacial score (nSPS) is 14.3. The Morgan fingerprint density at radius 3 is 2.29 bits per heavy atom. The number of hydrogen-bond acceptors (Lipinski definition) is 4. The number of rotatable bonds is 5. The maximum absolute atomic E-state index is 12.0. The van der Waals surface area contributed by atoms with Gasteiger partial charge in [-0.1, -0.05) is 0 Å². The molecule has 1 aliphatic heterocycles. The summed E-state index contributed by atoms with van der Waals surface area (Å²) < 4.78 is 10.3. The third-order valence-corrected chi connectivity index (χ3v) is 3.31. The molecule has 1 saturated heterocycles. The van der Waals surface area contributed by atoms with Crippen LogP contribution in [-0.4, -0.2) is 49.3 Å². The van der Waals surface area contributed by atoms with E-state index < -0.39 is 5.97 Å². The average molecular weight is 294 g/mol. The molecule has 0 aliphatic carbocycles. The van der Waals surface area contributed by atoms with Crippen LogP contribution in [0.15, 0.2) is 18.2 Å². The number of benzene rings is 1. The summed E-state index contributed by atoms with van der Waals surface area (Å²) in [6.45, 7) is 0.915. The summed E-state index contributed by atoms with van der Waals surface area (Å²) in [6.07, 6.45) is 0.0940. The van der Waals surface area contributed by atoms with Gasteiger partial charge >= 0.3 is 12.0 Å². The van der Waals surface area contributed by atoms with Gasteiger partial charge in [0.25, 0.3) is 0 Å². The van der Waals surface area contributed by atoms with Gasteiger partial charge < -0.3 is 24.8 Å². The highest BCUT2D eigenvalue weighted by Gasteiger charge is 2.32. The number of hydrogen-bond donors (Lipinski definition) is 2. The van der Waals surface area contributed by atoms with E-state index in [0.717, 1.165) is 0 Å². The molecule has 0 bridgehead atoms. The molecule has 0 atom stereocenters. The van der Waals surface area contributed by atoms with Gasteiger partial charge in [-0.25, -0.2) is 4.79 Å². The minimum Gasteiger partial charge on any atom is -0.497 e. The van der Waals surface area contributed by atoms with Crippen molar-refractivity contribution in [3.8, 4) is 11.5 Å². The van der Waals surface area contributed by atoms with Crippen LogP contribution in [0.4, 0.5) is 10.5 Å². The lowest BCUT2D eigenvalue weighted by molar-refractivity contribution is -0.139. The second kappa shape index (κ2) is 6.34. The van der Waals surface area contributed by atoms with Gasteiger partial charge in [-0.15, -0.1) is 0 Å². The summed E-state index contributed by atoms with van der Waals surface area (Å²) in [5, 5.41) is 11.4. The first-order chi connectivity index (χ1) is 10.0. The van der Waals surface area contributed by atoms with E-state index in [1.54, 1.807) is 23.1 Å². The van der Waals surface area contributed by atoms with Crippen LogP contribution in [-0.2, 0) is 4.79 Å². The number of nitrogens with zero attached hydrogens (tertiary/aromatic N) is 1. The summed E-state index contributed by atoms with van der Waals surface area (Å²) in [5.74, 6) is 0.361. The molecule has 114 valence electrons. The minimum atomic E-state index is -0.836. The molecule has 0 spiro atoms. The molecule has 1 fully saturated rings. The third-order valence-electron chi connectivity index (χ3n) is 3.31. The molecule has 7 heteroatoms. The number of carboxylic acids is 1. The maximum atomic E-state index is 12.0. The fourth-order valence-electron chi connectivity index (χ4n) is 2.19. The lowest BCUT2D eigenvalue weighted by Gasteiger charge is -2.38. The van der Waals surface area contributed by atoms with Crippen LogP contribution in [0.2, 0.25) is 0 Å². The molecule has 1 aliphatic rings. The Hall–Kier alpha value is -2.44. The number of ether oxygens (including phenoxy) is 2. The van der Waals surface area contributed by atoms with Crippen molar-refractivity contribution in [2.45, 2.75) is 6.42 Å². The summed E-state index contributed by atoms with van der Waals surface area (Å²) in [6, 6.07) is 4.83. The second-order valence-electron chi connectivity index (χ2n) is 4.90. The quantitative estimate of drug-likeness (QED) is 0.862. The van der Waals surface area contributed by atoms with E-state index in [1.165, 1.54) is 14.2 Å².